The van der Waals surface area contributed by atoms with E-state index in [2.05, 4.69) is 44.3 Å². The van der Waals surface area contributed by atoms with Crippen LogP contribution in [0.4, 0.5) is 0 Å². The Morgan fingerprint density at radius 1 is 0.962 bits per heavy atom. The first-order valence-electron chi connectivity index (χ1n) is 8.63. The van der Waals surface area contributed by atoms with Gasteiger partial charge in [0.05, 0.1) is 27.4 Å². The normalized spacial score (nSPS) is 11.6. The van der Waals surface area contributed by atoms with E-state index >= 15 is 0 Å². The number of nitrogens with one attached hydrogen (secondary N) is 1. The van der Waals surface area contributed by atoms with Crippen LogP contribution in [0.25, 0.3) is 0 Å². The largest absolute Gasteiger partial charge is 0.493 e. The van der Waals surface area contributed by atoms with Crippen LogP contribution in [0.1, 0.15) is 46.4 Å². The second-order valence-electron chi connectivity index (χ2n) is 6.19. The molecule has 0 bridgehead atoms. The summed E-state index contributed by atoms with van der Waals surface area (Å²) in [7, 11) is 4.60. The zero-order valence-electron chi connectivity index (χ0n) is 16.3. The third-order valence-corrected chi connectivity index (χ3v) is 4.57. The third-order valence-electron chi connectivity index (χ3n) is 4.57. The summed E-state index contributed by atoms with van der Waals surface area (Å²) in [5, 5.41) is 3.10. The Bertz CT molecular complexity index is 761. The van der Waals surface area contributed by atoms with E-state index in [-0.39, 0.29) is 11.9 Å². The van der Waals surface area contributed by atoms with Crippen molar-refractivity contribution < 1.29 is 19.0 Å². The number of rotatable bonds is 7. The molecule has 0 aromatic heterocycles. The van der Waals surface area contributed by atoms with Crippen LogP contribution in [0.3, 0.4) is 0 Å². The molecule has 0 fully saturated rings. The quantitative estimate of drug-likeness (QED) is 0.806. The molecular formula is C21H27NO4. The molecule has 2 aromatic rings. The Kier molecular flexibility index (Phi) is 6.50. The fourth-order valence-electron chi connectivity index (χ4n) is 2.86. The maximum Gasteiger partial charge on any atom is 0.252 e. The zero-order valence-corrected chi connectivity index (χ0v) is 16.3. The molecule has 26 heavy (non-hydrogen) atoms. The van der Waals surface area contributed by atoms with Crippen LogP contribution >= 0.6 is 0 Å². The van der Waals surface area contributed by atoms with E-state index in [1.165, 1.54) is 32.5 Å². The van der Waals surface area contributed by atoms with Crippen LogP contribution in [-0.4, -0.2) is 27.2 Å². The van der Waals surface area contributed by atoms with E-state index < -0.39 is 0 Å². The van der Waals surface area contributed by atoms with Crippen LogP contribution in [0.2, 0.25) is 0 Å². The van der Waals surface area contributed by atoms with Crippen molar-refractivity contribution in [2.24, 2.45) is 0 Å². The van der Waals surface area contributed by atoms with E-state index in [1.54, 1.807) is 12.1 Å². The van der Waals surface area contributed by atoms with Gasteiger partial charge in [-0.2, -0.15) is 0 Å². The van der Waals surface area contributed by atoms with Crippen molar-refractivity contribution >= 4 is 5.91 Å². The first kappa shape index (κ1) is 19.6. The lowest BCUT2D eigenvalue weighted by Gasteiger charge is -2.20. The van der Waals surface area contributed by atoms with Crippen molar-refractivity contribution in [2.45, 2.75) is 33.2 Å². The highest BCUT2D eigenvalue weighted by molar-refractivity contribution is 5.96. The van der Waals surface area contributed by atoms with Crippen LogP contribution in [0, 0.1) is 13.8 Å². The van der Waals surface area contributed by atoms with Crippen LogP contribution in [0.5, 0.6) is 17.2 Å². The summed E-state index contributed by atoms with van der Waals surface area (Å²) < 4.78 is 16.0. The van der Waals surface area contributed by atoms with Gasteiger partial charge in [-0.05, 0) is 49.1 Å². The molecule has 1 amide bonds. The summed E-state index contributed by atoms with van der Waals surface area (Å²) in [5.41, 5.74) is 4.00. The topological polar surface area (TPSA) is 56.8 Å². The SMILES string of the molecule is CCC(NC(=O)c1cc(OC)c(OC)c(OC)c1)c1ccc(C)c(C)c1. The number of amides is 1. The van der Waals surface area contributed by atoms with E-state index in [1.807, 2.05) is 0 Å². The molecule has 5 heteroatoms. The minimum Gasteiger partial charge on any atom is -0.493 e. The molecule has 0 spiro atoms. The molecule has 1 unspecified atom stereocenters. The first-order chi connectivity index (χ1) is 12.4. The van der Waals surface area contributed by atoms with Gasteiger partial charge in [0.1, 0.15) is 0 Å². The highest BCUT2D eigenvalue weighted by atomic mass is 16.5. The summed E-state index contributed by atoms with van der Waals surface area (Å²) in [5.74, 6) is 1.19. The third kappa shape index (κ3) is 4.10. The molecule has 2 rings (SSSR count). The maximum atomic E-state index is 12.8. The van der Waals surface area contributed by atoms with Crippen LogP contribution in [0.15, 0.2) is 30.3 Å². The molecule has 0 radical (unpaired) electrons. The van der Waals surface area contributed by atoms with Crippen molar-refractivity contribution in [1.82, 2.24) is 5.32 Å². The van der Waals surface area contributed by atoms with Gasteiger partial charge in [-0.15, -0.1) is 0 Å². The number of hydrogen-bond donors (Lipinski definition) is 1. The second kappa shape index (κ2) is 8.61. The molecule has 0 heterocycles. The van der Waals surface area contributed by atoms with Crippen LogP contribution < -0.4 is 19.5 Å². The van der Waals surface area contributed by atoms with Crippen molar-refractivity contribution in [3.05, 3.63) is 52.6 Å². The van der Waals surface area contributed by atoms with Crippen molar-refractivity contribution in [3.63, 3.8) is 0 Å². The van der Waals surface area contributed by atoms with Gasteiger partial charge >= 0.3 is 0 Å². The standard InChI is InChI=1S/C21H27NO4/c1-7-17(15-9-8-13(2)14(3)10-15)22-21(23)16-11-18(24-4)20(26-6)19(12-16)25-5/h8-12,17H,7H2,1-6H3,(H,22,23). The van der Waals surface area contributed by atoms with Crippen molar-refractivity contribution in [3.8, 4) is 17.2 Å². The molecule has 0 saturated heterocycles. The fraction of sp³-hybridized carbons (Fsp3) is 0.381. The summed E-state index contributed by atoms with van der Waals surface area (Å²) in [4.78, 5) is 12.8. The lowest BCUT2D eigenvalue weighted by Crippen LogP contribution is -2.28. The van der Waals surface area contributed by atoms with E-state index in [9.17, 15) is 4.79 Å². The summed E-state index contributed by atoms with van der Waals surface area (Å²) in [6, 6.07) is 9.51. The smallest absolute Gasteiger partial charge is 0.252 e. The Balaban J connectivity index is 2.31. The molecule has 140 valence electrons. The molecule has 1 atom stereocenters. The predicted octanol–water partition coefficient (Wildman–Crippen LogP) is 4.21. The Morgan fingerprint density at radius 2 is 1.58 bits per heavy atom. The average Bonchev–Trinajstić information content (AvgIpc) is 2.66. The number of aryl methyl sites for hydroxylation is 2. The summed E-state index contributed by atoms with van der Waals surface area (Å²) in [6.45, 7) is 6.20. The monoisotopic (exact) mass is 357 g/mol. The van der Waals surface area contributed by atoms with Gasteiger partial charge in [0.25, 0.3) is 5.91 Å². The van der Waals surface area contributed by atoms with Gasteiger partial charge in [-0.25, -0.2) is 0 Å². The van der Waals surface area contributed by atoms with Gasteiger partial charge in [0.2, 0.25) is 5.75 Å². The number of carbonyl (C=O) groups is 1. The molecule has 0 saturated carbocycles. The van der Waals surface area contributed by atoms with Gasteiger partial charge in [-0.1, -0.05) is 25.1 Å². The molecule has 0 aliphatic carbocycles. The van der Waals surface area contributed by atoms with Gasteiger partial charge in [0, 0.05) is 5.56 Å². The van der Waals surface area contributed by atoms with E-state index in [0.29, 0.717) is 22.8 Å². The highest BCUT2D eigenvalue weighted by Crippen LogP contribution is 2.38. The molecule has 0 aliphatic rings. The van der Waals surface area contributed by atoms with Crippen molar-refractivity contribution in [1.29, 1.82) is 0 Å². The fourth-order valence-corrected chi connectivity index (χ4v) is 2.86. The molecule has 5 nitrogen and oxygen atoms in total. The lowest BCUT2D eigenvalue weighted by molar-refractivity contribution is 0.0934. The van der Waals surface area contributed by atoms with E-state index in [0.717, 1.165) is 12.0 Å². The minimum absolute atomic E-state index is 0.0686. The number of methoxy groups -OCH3 is 3. The van der Waals surface area contributed by atoms with Gasteiger partial charge < -0.3 is 19.5 Å². The summed E-state index contributed by atoms with van der Waals surface area (Å²) >= 11 is 0. The van der Waals surface area contributed by atoms with Crippen LogP contribution in [-0.2, 0) is 0 Å². The van der Waals surface area contributed by atoms with Gasteiger partial charge in [0.15, 0.2) is 11.5 Å². The number of carbonyl (C=O) groups excluding carboxylic acids is 1. The Labute approximate surface area is 155 Å². The van der Waals surface area contributed by atoms with E-state index in [4.69, 9.17) is 14.2 Å². The zero-order chi connectivity index (χ0) is 19.3. The van der Waals surface area contributed by atoms with Crippen molar-refractivity contribution in [2.75, 3.05) is 21.3 Å². The molecule has 1 N–H and O–H groups in total. The number of ether oxygens (including phenoxy) is 3. The highest BCUT2D eigenvalue weighted by Gasteiger charge is 2.19. The maximum absolute atomic E-state index is 12.8. The predicted molar refractivity (Wildman–Crippen MR) is 103 cm³/mol. The summed E-state index contributed by atoms with van der Waals surface area (Å²) in [6.07, 6.45) is 0.790. The molecule has 0 aliphatic heterocycles. The molecular weight excluding hydrogens is 330 g/mol. The Morgan fingerprint density at radius 3 is 2.04 bits per heavy atom. The average molecular weight is 357 g/mol. The Hall–Kier alpha value is -2.69. The molecule has 2 aromatic carbocycles. The lowest BCUT2D eigenvalue weighted by atomic mass is 9.99. The second-order valence-corrected chi connectivity index (χ2v) is 6.19. The minimum atomic E-state index is -0.186. The number of benzene rings is 2. The number of hydrogen-bond acceptors (Lipinski definition) is 4. The first-order valence-corrected chi connectivity index (χ1v) is 8.63. The van der Waals surface area contributed by atoms with Gasteiger partial charge in [-0.3, -0.25) is 4.79 Å².